The first-order valence-corrected chi connectivity index (χ1v) is 47.1. The highest BCUT2D eigenvalue weighted by Crippen LogP contribution is 2.39. The van der Waals surface area contributed by atoms with Crippen molar-refractivity contribution in [2.75, 3.05) is 13.1 Å². The van der Waals surface area contributed by atoms with Gasteiger partial charge in [-0.2, -0.15) is 0 Å². The predicted molar refractivity (Wildman–Crippen MR) is 521 cm³/mol. The van der Waals surface area contributed by atoms with Crippen molar-refractivity contribution in [2.24, 2.45) is 0 Å². The lowest BCUT2D eigenvalue weighted by atomic mass is 9.97. The Morgan fingerprint density at radius 3 is 1.42 bits per heavy atom. The Bertz CT molecular complexity index is 7900. The summed E-state index contributed by atoms with van der Waals surface area (Å²) in [7, 11) is 0. The van der Waals surface area contributed by atoms with E-state index in [2.05, 4.69) is 12.2 Å². The summed E-state index contributed by atoms with van der Waals surface area (Å²) in [6, 6.07) is 60.7. The van der Waals surface area contributed by atoms with Gasteiger partial charge in [0, 0.05) is 68.2 Å². The second kappa shape index (κ2) is 38.8. The molecule has 2 aliphatic carbocycles. The molecule has 133 heavy (non-hydrogen) atoms. The van der Waals surface area contributed by atoms with E-state index in [0.29, 0.717) is 139 Å². The molecule has 7 aromatic heterocycles. The minimum absolute atomic E-state index is 0.00595. The van der Waals surface area contributed by atoms with Gasteiger partial charge in [0.15, 0.2) is 5.78 Å². The summed E-state index contributed by atoms with van der Waals surface area (Å²) in [5.74, 6) is -1.03. The van der Waals surface area contributed by atoms with Gasteiger partial charge in [0.05, 0.1) is 95.5 Å². The fourth-order valence-electron chi connectivity index (χ4n) is 17.2. The molecule has 0 radical (unpaired) electrons. The van der Waals surface area contributed by atoms with Gasteiger partial charge in [-0.3, -0.25) is 56.6 Å². The third-order valence-electron chi connectivity index (χ3n) is 24.5. The number of Topliss-reactive ketones (excluding diaryl/α,β-unsaturated/α-hetero) is 1. The fraction of sp³-hybridized carbons (Fsp3) is 0.235. The van der Waals surface area contributed by atoms with Gasteiger partial charge in [0.2, 0.25) is 17.7 Å². The third-order valence-corrected chi connectivity index (χ3v) is 29.2. The van der Waals surface area contributed by atoms with Crippen molar-refractivity contribution in [1.29, 1.82) is 0 Å². The largest absolute Gasteiger partial charge is 0.353 e. The molecule has 23 nitrogen and oxygen atoms in total. The number of ketones is 1. The van der Waals surface area contributed by atoms with Crippen molar-refractivity contribution in [2.45, 2.75) is 144 Å². The van der Waals surface area contributed by atoms with E-state index < -0.39 is 34.0 Å². The number of aryl methyl sites for hydroxylation is 4. The standard InChI is InChI=1S/C27H25N3O3.C26H22ClN3O4S.C25H23FN2O2S.C24H18Cl2FN3O3S/c1-18-6-8-20(9-7-18)17-29-24-5-3-2-4-23(24)26(32)30(27(29)33)22-14-10-19(11-15-22)16-25(31)28-21-12-13-21;1-15(31)17-7-5-8-19(12-17)30-24(33)23-20-10-11-28(16(2)32)14-22(20)35-25(23)29(26(30)34)13-18-6-3-4-9-21(18)27;1-2-16-9-13-19(14-10-16)28-23(29)22-20-5-3-4-6-21(20)31-24(22)27(25(28)30)15-17-7-11-18(26)12-8-17;1-13(31)28-8-7-18-20(12-28)34-23-21(18)22(32)30(17-4-2-3-15(25)9-17)24(33)29(23)11-14-5-6-16(27)10-19(14)26/h2-11,14-15,21H,12-13,16-17H2,1H3,(H,28,31);3-9,12H,10-11,13-14H2,1-2H3;7-14H,2-6,15H2,1H3;2-6,9-10H,7-8,11-12H2,1H3. The normalized spacial score (nSPS) is 13.3. The van der Waals surface area contributed by atoms with Crippen molar-refractivity contribution in [1.82, 2.24) is 51.7 Å². The van der Waals surface area contributed by atoms with E-state index in [-0.39, 0.29) is 70.7 Å². The Kier molecular flexibility index (Phi) is 26.7. The van der Waals surface area contributed by atoms with E-state index in [1.54, 1.807) is 144 Å². The molecule has 31 heteroatoms. The smallest absolute Gasteiger partial charge is 0.337 e. The number of nitrogens with zero attached hydrogens (tertiary/aromatic N) is 10. The molecule has 20 rings (SSSR count). The van der Waals surface area contributed by atoms with E-state index >= 15 is 0 Å². The second-order valence-electron chi connectivity index (χ2n) is 33.4. The number of carbonyl (C=O) groups excluding carboxylic acids is 4. The van der Waals surface area contributed by atoms with Gasteiger partial charge in [-0.05, 0) is 219 Å². The third kappa shape index (κ3) is 19.0. The zero-order valence-corrected chi connectivity index (χ0v) is 77.7. The summed E-state index contributed by atoms with van der Waals surface area (Å²) in [6.45, 7) is 11.2. The van der Waals surface area contributed by atoms with E-state index in [0.717, 1.165) is 119 Å². The quantitative estimate of drug-likeness (QED) is 0.0834. The molecule has 9 heterocycles. The number of hydrogen-bond donors (Lipinski definition) is 1. The first-order chi connectivity index (χ1) is 64.1. The van der Waals surface area contributed by atoms with Crippen LogP contribution in [-0.4, -0.2) is 89.0 Å². The topological polar surface area (TPSA) is 263 Å². The van der Waals surface area contributed by atoms with Crippen LogP contribution in [0.2, 0.25) is 15.1 Å². The number of thiophene rings is 3. The van der Waals surface area contributed by atoms with Crippen LogP contribution in [0, 0.1) is 18.6 Å². The average Bonchev–Trinajstić information content (AvgIpc) is 1.65. The highest BCUT2D eigenvalue weighted by Gasteiger charge is 2.33. The number of amides is 3. The van der Waals surface area contributed by atoms with Crippen LogP contribution in [-0.2, 0) is 92.2 Å². The molecular formula is C102H88Cl3F2N11O12S3. The average molecular weight is 1900 g/mol. The van der Waals surface area contributed by atoms with Crippen LogP contribution in [0.5, 0.6) is 0 Å². The Morgan fingerprint density at radius 1 is 0.421 bits per heavy atom. The van der Waals surface area contributed by atoms with Crippen LogP contribution in [0.25, 0.3) is 64.3 Å². The first-order valence-electron chi connectivity index (χ1n) is 43.5. The van der Waals surface area contributed by atoms with Crippen molar-refractivity contribution in [3.63, 3.8) is 0 Å². The summed E-state index contributed by atoms with van der Waals surface area (Å²) in [5.41, 5.74) is 8.57. The minimum atomic E-state index is -0.554. The van der Waals surface area contributed by atoms with E-state index in [4.69, 9.17) is 34.8 Å². The van der Waals surface area contributed by atoms with Crippen molar-refractivity contribution < 1.29 is 28.0 Å². The summed E-state index contributed by atoms with van der Waals surface area (Å²) in [6.07, 6.45) is 8.28. The number of aromatic nitrogens is 8. The maximum Gasteiger partial charge on any atom is 0.337 e. The molecule has 16 aromatic rings. The van der Waals surface area contributed by atoms with Crippen LogP contribution >= 0.6 is 68.8 Å². The summed E-state index contributed by atoms with van der Waals surface area (Å²) in [5, 5.41) is 6.15. The van der Waals surface area contributed by atoms with E-state index in [1.165, 1.54) is 92.4 Å². The second-order valence-corrected chi connectivity index (χ2v) is 37.9. The predicted octanol–water partition coefficient (Wildman–Crippen LogP) is 16.8. The molecule has 3 amide bonds. The number of hydrogen-bond acceptors (Lipinski definition) is 15. The molecule has 0 atom stereocenters. The van der Waals surface area contributed by atoms with Crippen LogP contribution in [0.15, 0.2) is 251 Å². The van der Waals surface area contributed by atoms with Crippen molar-refractivity contribution in [3.8, 4) is 22.7 Å². The summed E-state index contributed by atoms with van der Waals surface area (Å²) in [4.78, 5) is 165. The maximum absolute atomic E-state index is 13.8. The number of rotatable bonds is 17. The Morgan fingerprint density at radius 2 is 0.880 bits per heavy atom. The number of nitrogens with one attached hydrogen (secondary N) is 1. The van der Waals surface area contributed by atoms with Gasteiger partial charge in [0.1, 0.15) is 26.1 Å². The van der Waals surface area contributed by atoms with Crippen LogP contribution in [0.1, 0.15) is 134 Å². The molecule has 4 aliphatic rings. The van der Waals surface area contributed by atoms with Crippen molar-refractivity contribution in [3.05, 3.63) is 398 Å². The molecule has 9 aromatic carbocycles. The number of halogens is 5. The van der Waals surface area contributed by atoms with Gasteiger partial charge in [-0.1, -0.05) is 163 Å². The molecule has 0 unspecified atom stereocenters. The monoisotopic (exact) mass is 1900 g/mol. The summed E-state index contributed by atoms with van der Waals surface area (Å²) >= 11 is 23.1. The van der Waals surface area contributed by atoms with Gasteiger partial charge in [-0.15, -0.1) is 34.0 Å². The number of carbonyl (C=O) groups is 4. The van der Waals surface area contributed by atoms with Gasteiger partial charge < -0.3 is 15.1 Å². The molecule has 0 bridgehead atoms. The van der Waals surface area contributed by atoms with Crippen LogP contribution < -0.4 is 50.3 Å². The molecule has 1 fully saturated rings. The minimum Gasteiger partial charge on any atom is -0.353 e. The highest BCUT2D eigenvalue weighted by atomic mass is 35.5. The molecule has 1 N–H and O–H groups in total. The number of benzene rings is 9. The van der Waals surface area contributed by atoms with Crippen LogP contribution in [0.3, 0.4) is 0 Å². The zero-order chi connectivity index (χ0) is 93.5. The molecule has 0 saturated heterocycles. The molecule has 2 aliphatic heterocycles. The van der Waals surface area contributed by atoms with E-state index in [9.17, 15) is 66.3 Å². The van der Waals surface area contributed by atoms with Crippen LogP contribution in [0.4, 0.5) is 8.78 Å². The molecule has 0 spiro atoms. The molecular weight excluding hydrogens is 1810 g/mol. The number of fused-ring (bicyclic) bond motifs is 10. The lowest BCUT2D eigenvalue weighted by Gasteiger charge is -2.25. The maximum atomic E-state index is 13.8. The Labute approximate surface area is 786 Å². The van der Waals surface area contributed by atoms with Crippen molar-refractivity contribution >= 4 is 134 Å². The lowest BCUT2D eigenvalue weighted by molar-refractivity contribution is -0.130. The van der Waals surface area contributed by atoms with Gasteiger partial charge in [0.25, 0.3) is 22.2 Å². The van der Waals surface area contributed by atoms with Gasteiger partial charge in [-0.25, -0.2) is 46.2 Å². The van der Waals surface area contributed by atoms with Gasteiger partial charge >= 0.3 is 22.8 Å². The Balaban J connectivity index is 0.000000124. The highest BCUT2D eigenvalue weighted by molar-refractivity contribution is 7.19. The summed E-state index contributed by atoms with van der Waals surface area (Å²) < 4.78 is 38.1. The van der Waals surface area contributed by atoms with E-state index in [1.807, 2.05) is 79.7 Å². The lowest BCUT2D eigenvalue weighted by Crippen LogP contribution is -2.39. The molecule has 676 valence electrons. The molecule has 1 saturated carbocycles. The Hall–Kier alpha value is -13.4. The zero-order valence-electron chi connectivity index (χ0n) is 73.0. The first kappa shape index (κ1) is 91.5. The SMILES string of the molecule is CC(=O)N1CCc2c(sc3c2c(=O)n(-c2cccc(Cl)c2)c(=O)n3Cc2ccc(F)cc2Cl)C1.CC(=O)c1cccc(-n2c(=O)c3c4c(sc3n(Cc3ccccc3Cl)c2=O)CN(C(C)=O)CC4)c1.CCc1ccc(-n2c(=O)c3c4c(sc3n(Cc3ccc(F)cc3)c2=O)CCCC4)cc1.Cc1ccc(Cn2c(=O)n(-c3ccc(CC(=O)NC4CC4)cc3)c(=O)c3ccccc32)cc1. The fourth-order valence-corrected chi connectivity index (χ4v) is 21.9. The number of para-hydroxylation sites is 1.